The molecular weight excluding hydrogens is 328 g/mol. The predicted molar refractivity (Wildman–Crippen MR) is 88.6 cm³/mol. The standard InChI is InChI=1S/C17H23BrN2O/c1-13-8-14(10-15(18)9-13)16(21)20-7-3-5-17(12-20)4-2-6-19-11-17/h8-10,19H,2-7,11-12H2,1H3. The van der Waals surface area contributed by atoms with Crippen molar-refractivity contribution in [2.75, 3.05) is 26.2 Å². The molecule has 2 fully saturated rings. The highest BCUT2D eigenvalue weighted by Gasteiger charge is 2.38. The first-order chi connectivity index (χ1) is 10.1. The monoisotopic (exact) mass is 350 g/mol. The summed E-state index contributed by atoms with van der Waals surface area (Å²) < 4.78 is 0.983. The van der Waals surface area contributed by atoms with Crippen LogP contribution in [0.5, 0.6) is 0 Å². The van der Waals surface area contributed by atoms with Crippen molar-refractivity contribution in [3.8, 4) is 0 Å². The number of halogens is 1. The summed E-state index contributed by atoms with van der Waals surface area (Å²) in [6, 6.07) is 5.97. The molecule has 0 bridgehead atoms. The Labute approximate surface area is 135 Å². The van der Waals surface area contributed by atoms with Crippen LogP contribution in [0.2, 0.25) is 0 Å². The van der Waals surface area contributed by atoms with E-state index in [1.807, 2.05) is 25.1 Å². The molecular formula is C17H23BrN2O. The van der Waals surface area contributed by atoms with E-state index in [0.717, 1.165) is 48.2 Å². The lowest BCUT2D eigenvalue weighted by molar-refractivity contribution is 0.0434. The van der Waals surface area contributed by atoms with Gasteiger partial charge in [0.25, 0.3) is 5.91 Å². The van der Waals surface area contributed by atoms with Crippen LogP contribution in [0.4, 0.5) is 0 Å². The molecule has 0 aromatic heterocycles. The van der Waals surface area contributed by atoms with Crippen LogP contribution < -0.4 is 5.32 Å². The molecule has 114 valence electrons. The number of benzene rings is 1. The van der Waals surface area contributed by atoms with E-state index in [1.54, 1.807) is 0 Å². The normalized spacial score (nSPS) is 26.1. The molecule has 2 aliphatic heterocycles. The first-order valence-corrected chi connectivity index (χ1v) is 8.65. The lowest BCUT2D eigenvalue weighted by atomic mass is 9.74. The molecule has 1 spiro atoms. The van der Waals surface area contributed by atoms with Gasteiger partial charge in [-0.05, 0) is 62.9 Å². The van der Waals surface area contributed by atoms with Crippen LogP contribution in [0.25, 0.3) is 0 Å². The molecule has 1 atom stereocenters. The molecule has 21 heavy (non-hydrogen) atoms. The predicted octanol–water partition coefficient (Wildman–Crippen LogP) is 3.36. The van der Waals surface area contributed by atoms with Crippen molar-refractivity contribution in [2.45, 2.75) is 32.6 Å². The number of rotatable bonds is 1. The van der Waals surface area contributed by atoms with Crippen molar-refractivity contribution >= 4 is 21.8 Å². The second kappa shape index (κ2) is 6.09. The van der Waals surface area contributed by atoms with Gasteiger partial charge in [-0.2, -0.15) is 0 Å². The quantitative estimate of drug-likeness (QED) is 0.842. The maximum absolute atomic E-state index is 12.8. The zero-order valence-electron chi connectivity index (χ0n) is 12.6. The van der Waals surface area contributed by atoms with Gasteiger partial charge in [-0.25, -0.2) is 0 Å². The van der Waals surface area contributed by atoms with Crippen molar-refractivity contribution in [3.05, 3.63) is 33.8 Å². The smallest absolute Gasteiger partial charge is 0.253 e. The van der Waals surface area contributed by atoms with Gasteiger partial charge >= 0.3 is 0 Å². The van der Waals surface area contributed by atoms with E-state index in [4.69, 9.17) is 0 Å². The fourth-order valence-corrected chi connectivity index (χ4v) is 4.41. The molecule has 1 aromatic carbocycles. The molecule has 1 amide bonds. The second-order valence-electron chi connectivity index (χ2n) is 6.63. The van der Waals surface area contributed by atoms with Crippen LogP contribution in [0, 0.1) is 12.3 Å². The van der Waals surface area contributed by atoms with Crippen LogP contribution in [0.15, 0.2) is 22.7 Å². The van der Waals surface area contributed by atoms with Gasteiger partial charge in [-0.3, -0.25) is 4.79 Å². The fraction of sp³-hybridized carbons (Fsp3) is 0.588. The third kappa shape index (κ3) is 3.32. The molecule has 1 unspecified atom stereocenters. The summed E-state index contributed by atoms with van der Waals surface area (Å²) in [5, 5.41) is 3.52. The maximum atomic E-state index is 12.8. The summed E-state index contributed by atoms with van der Waals surface area (Å²) in [6.07, 6.45) is 4.86. The largest absolute Gasteiger partial charge is 0.338 e. The number of amides is 1. The van der Waals surface area contributed by atoms with Crippen LogP contribution in [0.1, 0.15) is 41.6 Å². The van der Waals surface area contributed by atoms with Crippen molar-refractivity contribution < 1.29 is 4.79 Å². The number of aryl methyl sites for hydroxylation is 1. The van der Waals surface area contributed by atoms with Gasteiger partial charge in [0, 0.05) is 35.1 Å². The Morgan fingerprint density at radius 3 is 2.81 bits per heavy atom. The van der Waals surface area contributed by atoms with Gasteiger partial charge in [0.2, 0.25) is 0 Å². The third-order valence-corrected chi connectivity index (χ3v) is 5.26. The van der Waals surface area contributed by atoms with Crippen molar-refractivity contribution in [3.63, 3.8) is 0 Å². The second-order valence-corrected chi connectivity index (χ2v) is 7.54. The number of hydrogen-bond acceptors (Lipinski definition) is 2. The zero-order chi connectivity index (χ0) is 14.9. The lowest BCUT2D eigenvalue weighted by Gasteiger charge is -2.45. The van der Waals surface area contributed by atoms with E-state index in [2.05, 4.69) is 26.1 Å². The summed E-state index contributed by atoms with van der Waals surface area (Å²) in [5.41, 5.74) is 2.24. The molecule has 1 aromatic rings. The minimum absolute atomic E-state index is 0.184. The minimum atomic E-state index is 0.184. The first-order valence-electron chi connectivity index (χ1n) is 7.85. The Morgan fingerprint density at radius 1 is 1.29 bits per heavy atom. The molecule has 2 saturated heterocycles. The van der Waals surface area contributed by atoms with Crippen LogP contribution in [0.3, 0.4) is 0 Å². The van der Waals surface area contributed by atoms with Crippen molar-refractivity contribution in [2.24, 2.45) is 5.41 Å². The van der Waals surface area contributed by atoms with Crippen molar-refractivity contribution in [1.82, 2.24) is 10.2 Å². The average molecular weight is 351 g/mol. The third-order valence-electron chi connectivity index (χ3n) is 4.80. The van der Waals surface area contributed by atoms with Gasteiger partial charge in [0.05, 0.1) is 0 Å². The van der Waals surface area contributed by atoms with E-state index in [1.165, 1.54) is 19.3 Å². The number of nitrogens with one attached hydrogen (secondary N) is 1. The van der Waals surface area contributed by atoms with E-state index < -0.39 is 0 Å². The SMILES string of the molecule is Cc1cc(Br)cc(C(=O)N2CCCC3(CCCNC3)C2)c1. The summed E-state index contributed by atoms with van der Waals surface area (Å²) in [4.78, 5) is 14.9. The minimum Gasteiger partial charge on any atom is -0.338 e. The first kappa shape index (κ1) is 15.0. The van der Waals surface area contributed by atoms with Crippen molar-refractivity contribution in [1.29, 1.82) is 0 Å². The number of hydrogen-bond donors (Lipinski definition) is 1. The highest BCUT2D eigenvalue weighted by molar-refractivity contribution is 9.10. The highest BCUT2D eigenvalue weighted by Crippen LogP contribution is 2.36. The Kier molecular flexibility index (Phi) is 4.36. The van der Waals surface area contributed by atoms with Gasteiger partial charge < -0.3 is 10.2 Å². The van der Waals surface area contributed by atoms with Crippen LogP contribution >= 0.6 is 15.9 Å². The Bertz CT molecular complexity index is 512. The number of likely N-dealkylation sites (tertiary alicyclic amines) is 1. The molecule has 3 nitrogen and oxygen atoms in total. The summed E-state index contributed by atoms with van der Waals surface area (Å²) in [6.45, 7) is 6.02. The zero-order valence-corrected chi connectivity index (χ0v) is 14.2. The summed E-state index contributed by atoms with van der Waals surface area (Å²) in [5.74, 6) is 0.184. The van der Waals surface area contributed by atoms with Gasteiger partial charge in [-0.1, -0.05) is 15.9 Å². The molecule has 2 aliphatic rings. The molecule has 2 heterocycles. The molecule has 3 rings (SSSR count). The van der Waals surface area contributed by atoms with E-state index >= 15 is 0 Å². The molecule has 0 saturated carbocycles. The molecule has 0 radical (unpaired) electrons. The van der Waals surface area contributed by atoms with E-state index in [9.17, 15) is 4.79 Å². The summed E-state index contributed by atoms with van der Waals surface area (Å²) >= 11 is 3.49. The number of carbonyl (C=O) groups excluding carboxylic acids is 1. The van der Waals surface area contributed by atoms with E-state index in [-0.39, 0.29) is 5.91 Å². The Hall–Kier alpha value is -0.870. The van der Waals surface area contributed by atoms with Gasteiger partial charge in [0.1, 0.15) is 0 Å². The topological polar surface area (TPSA) is 32.3 Å². The van der Waals surface area contributed by atoms with Crippen LogP contribution in [-0.4, -0.2) is 37.0 Å². The lowest BCUT2D eigenvalue weighted by Crippen LogP contribution is -2.52. The Balaban J connectivity index is 1.77. The fourth-order valence-electron chi connectivity index (χ4n) is 3.80. The van der Waals surface area contributed by atoms with Gasteiger partial charge in [-0.15, -0.1) is 0 Å². The average Bonchev–Trinajstić information content (AvgIpc) is 2.46. The molecule has 0 aliphatic carbocycles. The molecule has 1 N–H and O–H groups in total. The number of nitrogens with zero attached hydrogens (tertiary/aromatic N) is 1. The highest BCUT2D eigenvalue weighted by atomic mass is 79.9. The van der Waals surface area contributed by atoms with E-state index in [0.29, 0.717) is 5.41 Å². The number of carbonyl (C=O) groups is 1. The van der Waals surface area contributed by atoms with Gasteiger partial charge in [0.15, 0.2) is 0 Å². The molecule has 4 heteroatoms. The summed E-state index contributed by atoms with van der Waals surface area (Å²) in [7, 11) is 0. The Morgan fingerprint density at radius 2 is 2.10 bits per heavy atom. The maximum Gasteiger partial charge on any atom is 0.253 e. The number of piperidine rings is 2. The van der Waals surface area contributed by atoms with Crippen LogP contribution in [-0.2, 0) is 0 Å².